The lowest BCUT2D eigenvalue weighted by molar-refractivity contribution is 0.0938. The normalized spacial score (nSPS) is 10.7. The van der Waals surface area contributed by atoms with Crippen LogP contribution in [-0.2, 0) is 11.8 Å². The number of para-hydroxylation sites is 4. The molecule has 2 aromatic heterocycles. The molecular formula is C18H16Cl2N4O. The molecule has 7 heteroatoms. The van der Waals surface area contributed by atoms with Gasteiger partial charge in [0.1, 0.15) is 11.6 Å². The van der Waals surface area contributed by atoms with Gasteiger partial charge in [-0.1, -0.05) is 24.3 Å². The van der Waals surface area contributed by atoms with Crippen LogP contribution in [0.4, 0.5) is 0 Å². The number of hydrogen-bond donors (Lipinski definition) is 1. The fourth-order valence-electron chi connectivity index (χ4n) is 2.59. The summed E-state index contributed by atoms with van der Waals surface area (Å²) in [4.78, 5) is 23.0. The predicted molar refractivity (Wildman–Crippen MR) is 101 cm³/mol. The van der Waals surface area contributed by atoms with E-state index in [-0.39, 0.29) is 11.8 Å². The van der Waals surface area contributed by atoms with Gasteiger partial charge in [-0.05, 0) is 24.3 Å². The van der Waals surface area contributed by atoms with Crippen LogP contribution in [0.5, 0.6) is 0 Å². The number of aromatic amines is 1. The number of carbonyl (C=O) groups excluding carboxylic acids is 1. The van der Waals surface area contributed by atoms with E-state index in [1.54, 1.807) is 4.57 Å². The second-order valence-electron chi connectivity index (χ2n) is 5.34. The molecule has 0 unspecified atom stereocenters. The molecule has 4 aromatic rings. The number of benzene rings is 2. The van der Waals surface area contributed by atoms with Gasteiger partial charge in [-0.15, -0.1) is 23.2 Å². The number of carbonyl (C=O) groups is 1. The summed E-state index contributed by atoms with van der Waals surface area (Å²) in [6.45, 7) is 1.50. The van der Waals surface area contributed by atoms with Gasteiger partial charge in [-0.2, -0.15) is 0 Å². The SMILES string of the molecule is CC(=O)n1c(CCl)nc2ccccc21.ClCc1nc2ccccc2[nH]1. The van der Waals surface area contributed by atoms with Crippen molar-refractivity contribution in [3.05, 3.63) is 60.2 Å². The maximum atomic E-state index is 11.4. The highest BCUT2D eigenvalue weighted by Crippen LogP contribution is 2.16. The molecule has 5 nitrogen and oxygen atoms in total. The summed E-state index contributed by atoms with van der Waals surface area (Å²) < 4.78 is 1.54. The van der Waals surface area contributed by atoms with E-state index < -0.39 is 0 Å². The van der Waals surface area contributed by atoms with Gasteiger partial charge < -0.3 is 4.98 Å². The van der Waals surface area contributed by atoms with E-state index in [1.165, 1.54) is 6.92 Å². The molecule has 0 saturated carbocycles. The number of halogens is 2. The van der Waals surface area contributed by atoms with Crippen LogP contribution >= 0.6 is 23.2 Å². The Kier molecular flexibility index (Phi) is 5.36. The molecule has 0 radical (unpaired) electrons. The largest absolute Gasteiger partial charge is 0.341 e. The minimum atomic E-state index is -0.0608. The number of imidazole rings is 2. The summed E-state index contributed by atoms with van der Waals surface area (Å²) in [7, 11) is 0. The molecule has 2 aromatic carbocycles. The third-order valence-electron chi connectivity index (χ3n) is 3.63. The first kappa shape index (κ1) is 17.5. The molecule has 0 aliphatic carbocycles. The maximum absolute atomic E-state index is 11.4. The molecule has 0 aliphatic rings. The van der Waals surface area contributed by atoms with Crippen molar-refractivity contribution < 1.29 is 4.79 Å². The molecule has 0 fully saturated rings. The second-order valence-corrected chi connectivity index (χ2v) is 5.87. The van der Waals surface area contributed by atoms with E-state index in [2.05, 4.69) is 15.0 Å². The zero-order valence-electron chi connectivity index (χ0n) is 13.5. The number of H-pyrrole nitrogens is 1. The van der Waals surface area contributed by atoms with Gasteiger partial charge in [0.25, 0.3) is 0 Å². The number of rotatable bonds is 2. The fourth-order valence-corrected chi connectivity index (χ4v) is 2.89. The Bertz CT molecular complexity index is 989. The summed E-state index contributed by atoms with van der Waals surface area (Å²) in [5, 5.41) is 0. The second kappa shape index (κ2) is 7.68. The number of nitrogens with one attached hydrogen (secondary N) is 1. The molecule has 1 N–H and O–H groups in total. The van der Waals surface area contributed by atoms with Crippen molar-refractivity contribution in [2.45, 2.75) is 18.7 Å². The van der Waals surface area contributed by atoms with E-state index in [1.807, 2.05) is 48.5 Å². The average Bonchev–Trinajstić information content (AvgIpc) is 3.22. The lowest BCUT2D eigenvalue weighted by Gasteiger charge is -2.00. The van der Waals surface area contributed by atoms with E-state index >= 15 is 0 Å². The van der Waals surface area contributed by atoms with Crippen LogP contribution in [0.1, 0.15) is 23.4 Å². The number of alkyl halides is 2. The van der Waals surface area contributed by atoms with Gasteiger partial charge >= 0.3 is 0 Å². The van der Waals surface area contributed by atoms with Crippen molar-refractivity contribution >= 4 is 51.2 Å². The van der Waals surface area contributed by atoms with E-state index in [0.29, 0.717) is 11.7 Å². The Hall–Kier alpha value is -2.37. The lowest BCUT2D eigenvalue weighted by Crippen LogP contribution is -2.08. The van der Waals surface area contributed by atoms with Crippen LogP contribution in [0.3, 0.4) is 0 Å². The molecule has 128 valence electrons. The Morgan fingerprint density at radius 2 is 1.68 bits per heavy atom. The van der Waals surface area contributed by atoms with Gasteiger partial charge in [0, 0.05) is 6.92 Å². The molecule has 25 heavy (non-hydrogen) atoms. The van der Waals surface area contributed by atoms with Crippen molar-refractivity contribution in [1.29, 1.82) is 0 Å². The van der Waals surface area contributed by atoms with Crippen LogP contribution in [-0.4, -0.2) is 25.4 Å². The van der Waals surface area contributed by atoms with Crippen LogP contribution < -0.4 is 0 Å². The third kappa shape index (κ3) is 3.67. The molecular weight excluding hydrogens is 359 g/mol. The van der Waals surface area contributed by atoms with E-state index in [4.69, 9.17) is 23.2 Å². The third-order valence-corrected chi connectivity index (χ3v) is 4.12. The lowest BCUT2D eigenvalue weighted by atomic mass is 10.3. The highest BCUT2D eigenvalue weighted by atomic mass is 35.5. The molecule has 4 rings (SSSR count). The smallest absolute Gasteiger partial charge is 0.229 e. The van der Waals surface area contributed by atoms with E-state index in [9.17, 15) is 4.79 Å². The van der Waals surface area contributed by atoms with Crippen molar-refractivity contribution in [3.63, 3.8) is 0 Å². The summed E-state index contributed by atoms with van der Waals surface area (Å²) in [6, 6.07) is 15.4. The topological polar surface area (TPSA) is 63.6 Å². The van der Waals surface area contributed by atoms with Crippen molar-refractivity contribution in [2.24, 2.45) is 0 Å². The van der Waals surface area contributed by atoms with Gasteiger partial charge in [0.15, 0.2) is 0 Å². The van der Waals surface area contributed by atoms with Gasteiger partial charge in [0.05, 0.1) is 33.8 Å². The van der Waals surface area contributed by atoms with Gasteiger partial charge in [-0.3, -0.25) is 9.36 Å². The van der Waals surface area contributed by atoms with E-state index in [0.717, 1.165) is 27.9 Å². The molecule has 0 aliphatic heterocycles. The molecule has 0 amide bonds. The number of hydrogen-bond acceptors (Lipinski definition) is 3. The standard InChI is InChI=1S/C10H9ClN2O.C8H7ClN2/c1-7(14)13-9-5-3-2-4-8(9)12-10(13)6-11;9-5-8-10-6-3-1-2-4-7(6)11-8/h2-5H,6H2,1H3;1-4H,5H2,(H,10,11). The monoisotopic (exact) mass is 374 g/mol. The zero-order chi connectivity index (χ0) is 17.8. The Morgan fingerprint density at radius 1 is 1.00 bits per heavy atom. The maximum Gasteiger partial charge on any atom is 0.229 e. The van der Waals surface area contributed by atoms with Crippen LogP contribution in [0, 0.1) is 0 Å². The first-order chi connectivity index (χ1) is 12.1. The fraction of sp³-hybridized carbons (Fsp3) is 0.167. The van der Waals surface area contributed by atoms with Crippen LogP contribution in [0.25, 0.3) is 22.1 Å². The molecule has 0 bridgehead atoms. The summed E-state index contributed by atoms with van der Waals surface area (Å²) in [5.41, 5.74) is 3.64. The Balaban J connectivity index is 0.000000150. The molecule has 2 heterocycles. The first-order valence-electron chi connectivity index (χ1n) is 7.67. The quantitative estimate of drug-likeness (QED) is 0.515. The highest BCUT2D eigenvalue weighted by molar-refractivity contribution is 6.17. The molecule has 0 saturated heterocycles. The first-order valence-corrected chi connectivity index (χ1v) is 8.73. The van der Waals surface area contributed by atoms with Crippen molar-refractivity contribution in [3.8, 4) is 0 Å². The Labute approximate surface area is 154 Å². The van der Waals surface area contributed by atoms with Gasteiger partial charge in [-0.25, -0.2) is 9.97 Å². The molecule has 0 atom stereocenters. The summed E-state index contributed by atoms with van der Waals surface area (Å²) in [5.74, 6) is 2.05. The van der Waals surface area contributed by atoms with Crippen LogP contribution in [0.15, 0.2) is 48.5 Å². The summed E-state index contributed by atoms with van der Waals surface area (Å²) >= 11 is 11.3. The number of aromatic nitrogens is 4. The minimum absolute atomic E-state index is 0.0608. The van der Waals surface area contributed by atoms with Crippen LogP contribution in [0.2, 0.25) is 0 Å². The highest BCUT2D eigenvalue weighted by Gasteiger charge is 2.11. The van der Waals surface area contributed by atoms with Crippen molar-refractivity contribution in [2.75, 3.05) is 0 Å². The minimum Gasteiger partial charge on any atom is -0.341 e. The predicted octanol–water partition coefficient (Wildman–Crippen LogP) is 4.74. The molecule has 0 spiro atoms. The average molecular weight is 375 g/mol. The number of nitrogens with zero attached hydrogens (tertiary/aromatic N) is 3. The van der Waals surface area contributed by atoms with Crippen molar-refractivity contribution in [1.82, 2.24) is 19.5 Å². The number of fused-ring (bicyclic) bond motifs is 2. The summed E-state index contributed by atoms with van der Waals surface area (Å²) in [6.07, 6.45) is 0. The zero-order valence-corrected chi connectivity index (χ0v) is 15.1. The Morgan fingerprint density at radius 3 is 2.32 bits per heavy atom. The van der Waals surface area contributed by atoms with Gasteiger partial charge in [0.2, 0.25) is 5.91 Å².